The van der Waals surface area contributed by atoms with Gasteiger partial charge in [0, 0.05) is 17.7 Å². The van der Waals surface area contributed by atoms with Crippen LogP contribution in [0, 0.1) is 0 Å². The standard InChI is InChI=1S/C21H29N3O/c1-16(25)21(17-8-6-5-7-9-17)10-12-24(13-11-21)15-18-14-19(23-22-18)20(2,3)4/h5-9,14H,10-13,15H2,1-4H3,(H,22,23). The normalized spacial score (nSPS) is 18.2. The second-order valence-corrected chi connectivity index (χ2v) is 8.31. The van der Waals surface area contributed by atoms with E-state index >= 15 is 0 Å². The van der Waals surface area contributed by atoms with Crippen molar-refractivity contribution in [3.05, 3.63) is 53.3 Å². The lowest BCUT2D eigenvalue weighted by Crippen LogP contribution is -2.46. The molecule has 134 valence electrons. The summed E-state index contributed by atoms with van der Waals surface area (Å²) in [4.78, 5) is 14.9. The SMILES string of the molecule is CC(=O)C1(c2ccccc2)CCN(Cc2cc(C(C)(C)C)n[nH]2)CC1. The molecule has 0 spiro atoms. The molecule has 0 amide bonds. The summed E-state index contributed by atoms with van der Waals surface area (Å²) in [5.41, 5.74) is 3.16. The number of hydrogen-bond acceptors (Lipinski definition) is 3. The zero-order chi connectivity index (χ0) is 18.1. The van der Waals surface area contributed by atoms with Gasteiger partial charge in [-0.3, -0.25) is 14.8 Å². The highest BCUT2D eigenvalue weighted by Crippen LogP contribution is 2.36. The van der Waals surface area contributed by atoms with Crippen molar-refractivity contribution in [3.8, 4) is 0 Å². The molecule has 1 aromatic heterocycles. The van der Waals surface area contributed by atoms with E-state index in [0.29, 0.717) is 0 Å². The van der Waals surface area contributed by atoms with Crippen molar-refractivity contribution in [1.82, 2.24) is 15.1 Å². The first-order valence-corrected chi connectivity index (χ1v) is 9.15. The molecular formula is C21H29N3O. The molecule has 4 nitrogen and oxygen atoms in total. The molecule has 2 heterocycles. The lowest BCUT2D eigenvalue weighted by molar-refractivity contribution is -0.124. The van der Waals surface area contributed by atoms with Gasteiger partial charge in [0.05, 0.1) is 11.1 Å². The molecule has 0 saturated carbocycles. The molecule has 0 aliphatic carbocycles. The number of nitrogens with one attached hydrogen (secondary N) is 1. The topological polar surface area (TPSA) is 49.0 Å². The molecule has 1 aliphatic heterocycles. The van der Waals surface area contributed by atoms with Crippen molar-refractivity contribution >= 4 is 5.78 Å². The summed E-state index contributed by atoms with van der Waals surface area (Å²) in [5.74, 6) is 0.287. The minimum absolute atomic E-state index is 0.0632. The summed E-state index contributed by atoms with van der Waals surface area (Å²) in [5, 5.41) is 7.63. The first-order valence-electron chi connectivity index (χ1n) is 9.15. The van der Waals surface area contributed by atoms with Gasteiger partial charge in [0.1, 0.15) is 5.78 Å². The second kappa shape index (κ2) is 6.75. The molecule has 0 radical (unpaired) electrons. The Morgan fingerprint density at radius 1 is 1.20 bits per heavy atom. The Labute approximate surface area is 150 Å². The number of rotatable bonds is 4. The maximum absolute atomic E-state index is 12.5. The number of benzene rings is 1. The number of ketones is 1. The minimum atomic E-state index is -0.317. The van der Waals surface area contributed by atoms with E-state index < -0.39 is 0 Å². The van der Waals surface area contributed by atoms with Crippen LogP contribution >= 0.6 is 0 Å². The molecule has 1 N–H and O–H groups in total. The fraction of sp³-hybridized carbons (Fsp3) is 0.524. The Bertz CT molecular complexity index is 719. The van der Waals surface area contributed by atoms with Crippen molar-refractivity contribution in [2.24, 2.45) is 0 Å². The molecule has 1 aromatic carbocycles. The number of nitrogens with zero attached hydrogens (tertiary/aromatic N) is 2. The van der Waals surface area contributed by atoms with Crippen LogP contribution in [0.15, 0.2) is 36.4 Å². The summed E-state index contributed by atoms with van der Waals surface area (Å²) in [6, 6.07) is 12.4. The maximum Gasteiger partial charge on any atom is 0.140 e. The van der Waals surface area contributed by atoms with Gasteiger partial charge >= 0.3 is 0 Å². The zero-order valence-electron chi connectivity index (χ0n) is 15.8. The highest BCUT2D eigenvalue weighted by molar-refractivity contribution is 5.88. The van der Waals surface area contributed by atoms with Gasteiger partial charge in [-0.2, -0.15) is 5.10 Å². The van der Waals surface area contributed by atoms with Crippen LogP contribution in [-0.2, 0) is 22.2 Å². The molecule has 3 rings (SSSR count). The van der Waals surface area contributed by atoms with Crippen LogP contribution < -0.4 is 0 Å². The Kier molecular flexibility index (Phi) is 4.83. The van der Waals surface area contributed by atoms with E-state index in [2.05, 4.69) is 54.1 Å². The fourth-order valence-corrected chi connectivity index (χ4v) is 3.76. The number of carbonyl (C=O) groups is 1. The van der Waals surface area contributed by atoms with E-state index in [4.69, 9.17) is 0 Å². The lowest BCUT2D eigenvalue weighted by atomic mass is 9.70. The summed E-state index contributed by atoms with van der Waals surface area (Å²) >= 11 is 0. The third kappa shape index (κ3) is 3.69. The van der Waals surface area contributed by atoms with Crippen molar-refractivity contribution < 1.29 is 4.79 Å². The molecule has 0 unspecified atom stereocenters. The average molecular weight is 339 g/mol. The second-order valence-electron chi connectivity index (χ2n) is 8.31. The van der Waals surface area contributed by atoms with Gasteiger partial charge in [0.2, 0.25) is 0 Å². The number of aromatic amines is 1. The summed E-state index contributed by atoms with van der Waals surface area (Å²) in [7, 11) is 0. The Morgan fingerprint density at radius 2 is 1.84 bits per heavy atom. The third-order valence-corrected chi connectivity index (χ3v) is 5.50. The van der Waals surface area contributed by atoms with E-state index in [1.165, 1.54) is 5.56 Å². The third-order valence-electron chi connectivity index (χ3n) is 5.50. The summed E-state index contributed by atoms with van der Waals surface area (Å²) < 4.78 is 0. The number of aromatic nitrogens is 2. The number of likely N-dealkylation sites (tertiary alicyclic amines) is 1. The number of H-pyrrole nitrogens is 1. The molecule has 0 atom stereocenters. The highest BCUT2D eigenvalue weighted by Gasteiger charge is 2.40. The van der Waals surface area contributed by atoms with Gasteiger partial charge in [-0.15, -0.1) is 0 Å². The van der Waals surface area contributed by atoms with Crippen molar-refractivity contribution in [2.45, 2.75) is 57.9 Å². The minimum Gasteiger partial charge on any atom is -0.299 e. The summed E-state index contributed by atoms with van der Waals surface area (Å²) in [6.45, 7) is 11.0. The number of piperidine rings is 1. The smallest absolute Gasteiger partial charge is 0.140 e. The molecular weight excluding hydrogens is 310 g/mol. The molecule has 4 heteroatoms. The van der Waals surface area contributed by atoms with Gasteiger partial charge in [0.25, 0.3) is 0 Å². The lowest BCUT2D eigenvalue weighted by Gasteiger charge is -2.40. The zero-order valence-corrected chi connectivity index (χ0v) is 15.8. The maximum atomic E-state index is 12.5. The van der Waals surface area contributed by atoms with Gasteiger partial charge < -0.3 is 0 Å². The number of Topliss-reactive ketones (excluding diaryl/α,β-unsaturated/α-hetero) is 1. The van der Waals surface area contributed by atoms with Crippen molar-refractivity contribution in [2.75, 3.05) is 13.1 Å². The molecule has 1 aliphatic rings. The van der Waals surface area contributed by atoms with Crippen LogP contribution in [0.2, 0.25) is 0 Å². The number of hydrogen-bond donors (Lipinski definition) is 1. The van der Waals surface area contributed by atoms with E-state index in [-0.39, 0.29) is 16.6 Å². The van der Waals surface area contributed by atoms with E-state index in [0.717, 1.165) is 43.9 Å². The van der Waals surface area contributed by atoms with Crippen LogP contribution in [0.1, 0.15) is 57.5 Å². The average Bonchev–Trinajstić information content (AvgIpc) is 3.05. The Morgan fingerprint density at radius 3 is 2.36 bits per heavy atom. The van der Waals surface area contributed by atoms with E-state index in [9.17, 15) is 4.79 Å². The molecule has 25 heavy (non-hydrogen) atoms. The van der Waals surface area contributed by atoms with Crippen LogP contribution in [-0.4, -0.2) is 34.0 Å². The van der Waals surface area contributed by atoms with Crippen LogP contribution in [0.5, 0.6) is 0 Å². The monoisotopic (exact) mass is 339 g/mol. The first kappa shape index (κ1) is 17.9. The Balaban J connectivity index is 1.68. The van der Waals surface area contributed by atoms with E-state index in [1.54, 1.807) is 6.92 Å². The predicted molar refractivity (Wildman–Crippen MR) is 101 cm³/mol. The number of carbonyl (C=O) groups excluding carboxylic acids is 1. The highest BCUT2D eigenvalue weighted by atomic mass is 16.1. The molecule has 2 aromatic rings. The van der Waals surface area contributed by atoms with Crippen LogP contribution in [0.25, 0.3) is 0 Å². The van der Waals surface area contributed by atoms with Gasteiger partial charge in [-0.1, -0.05) is 51.1 Å². The van der Waals surface area contributed by atoms with Crippen molar-refractivity contribution in [3.63, 3.8) is 0 Å². The first-order chi connectivity index (χ1) is 11.8. The van der Waals surface area contributed by atoms with Crippen molar-refractivity contribution in [1.29, 1.82) is 0 Å². The van der Waals surface area contributed by atoms with Gasteiger partial charge in [-0.25, -0.2) is 0 Å². The largest absolute Gasteiger partial charge is 0.299 e. The van der Waals surface area contributed by atoms with E-state index in [1.807, 2.05) is 18.2 Å². The summed E-state index contributed by atoms with van der Waals surface area (Å²) in [6.07, 6.45) is 1.76. The fourth-order valence-electron chi connectivity index (χ4n) is 3.76. The molecule has 1 saturated heterocycles. The van der Waals surface area contributed by atoms with Gasteiger partial charge in [0.15, 0.2) is 0 Å². The van der Waals surface area contributed by atoms with Gasteiger partial charge in [-0.05, 0) is 44.5 Å². The quantitative estimate of drug-likeness (QED) is 0.921. The molecule has 0 bridgehead atoms. The van der Waals surface area contributed by atoms with Crippen LogP contribution in [0.3, 0.4) is 0 Å². The Hall–Kier alpha value is -1.94. The molecule has 1 fully saturated rings. The predicted octanol–water partition coefficient (Wildman–Crippen LogP) is 3.83. The van der Waals surface area contributed by atoms with Crippen LogP contribution in [0.4, 0.5) is 0 Å².